The monoisotopic (exact) mass is 266 g/mol. The molecule has 0 saturated heterocycles. The van der Waals surface area contributed by atoms with Crippen molar-refractivity contribution >= 4 is 196 Å². The third kappa shape index (κ3) is 126. The molecule has 0 aliphatic carbocycles. The van der Waals surface area contributed by atoms with Crippen LogP contribution in [0.25, 0.3) is 0 Å². The van der Waals surface area contributed by atoms with Gasteiger partial charge in [-0.25, -0.2) is 4.79 Å². The molecule has 0 radical (unpaired) electrons. The molecule has 0 amide bonds. The number of hydrogen-bond acceptors (Lipinski definition) is 2. The first kappa shape index (κ1) is 36.0. The molecular weight excluding hydrogens is 256 g/mol. The Kier molecular flexibility index (Phi) is 88.7. The van der Waals surface area contributed by atoms with Gasteiger partial charge in [-0.2, -0.15) is 0 Å². The fourth-order valence-electron chi connectivity index (χ4n) is 0. The molecule has 0 aliphatic rings. The van der Waals surface area contributed by atoms with Crippen molar-refractivity contribution in [1.82, 2.24) is 0 Å². The average molecular weight is 266 g/mol. The van der Waals surface area contributed by atoms with Crippen LogP contribution < -0.4 is 0 Å². The molecule has 0 bridgehead atoms. The van der Waals surface area contributed by atoms with E-state index in [0.717, 1.165) is 6.92 Å². The van der Waals surface area contributed by atoms with E-state index in [9.17, 15) is 0 Å². The molecule has 56 valence electrons. The van der Waals surface area contributed by atoms with E-state index in [1.165, 1.54) is 0 Å². The van der Waals surface area contributed by atoms with Crippen LogP contribution in [-0.4, -0.2) is 211 Å². The van der Waals surface area contributed by atoms with Gasteiger partial charge in [0.15, 0.2) is 0 Å². The van der Waals surface area contributed by atoms with Crippen molar-refractivity contribution in [2.75, 3.05) is 0 Å². The third-order valence-corrected chi connectivity index (χ3v) is 0. The van der Waals surface area contributed by atoms with Crippen LogP contribution in [0.1, 0.15) is 6.92 Å². The Bertz CT molecular complexity index is 79.9. The van der Waals surface area contributed by atoms with E-state index in [-0.39, 0.29) is 184 Å². The van der Waals surface area contributed by atoms with Crippen molar-refractivity contribution in [3.63, 3.8) is 0 Å². The molecule has 0 heterocycles. The van der Waals surface area contributed by atoms with Crippen molar-refractivity contribution in [1.29, 1.82) is 0 Å². The molecule has 9 heteroatoms. The molecule has 0 aromatic rings. The summed E-state index contributed by atoms with van der Waals surface area (Å²) in [6, 6.07) is 0. The van der Waals surface area contributed by atoms with Crippen LogP contribution in [0.15, 0.2) is 0 Å². The van der Waals surface area contributed by atoms with E-state index < -0.39 is 12.1 Å². The summed E-state index contributed by atoms with van der Waals surface area (Å²) in [4.78, 5) is 17.6. The standard InChI is InChI=1S/C2H4O2.CH2O3.3K.Na.4H/c1-2(3)4;2-1(3)4;;;;;;;;/h1H3,(H,3,4);(H2,2,3,4);;;;;;;;. The molecule has 0 aromatic heterocycles. The van der Waals surface area contributed by atoms with E-state index in [1.807, 2.05) is 0 Å². The van der Waals surface area contributed by atoms with Crippen LogP contribution in [0.4, 0.5) is 4.79 Å². The normalized spacial score (nSPS) is 4.08. The number of aliphatic carboxylic acids is 1. The van der Waals surface area contributed by atoms with Crippen molar-refractivity contribution in [2.24, 2.45) is 0 Å². The van der Waals surface area contributed by atoms with Gasteiger partial charge in [0.05, 0.1) is 0 Å². The van der Waals surface area contributed by atoms with Crippen molar-refractivity contribution in [2.45, 2.75) is 6.92 Å². The Morgan fingerprint density at radius 2 is 0.917 bits per heavy atom. The molecule has 0 fully saturated rings. The van der Waals surface area contributed by atoms with Crippen LogP contribution in [0, 0.1) is 0 Å². The second kappa shape index (κ2) is 29.6. The predicted octanol–water partition coefficient (Wildman–Crippen LogP) is -2.28. The molecule has 0 rings (SSSR count). The summed E-state index contributed by atoms with van der Waals surface area (Å²) >= 11 is 0. The first-order chi connectivity index (χ1) is 3.46. The van der Waals surface area contributed by atoms with Crippen molar-refractivity contribution in [3.05, 3.63) is 0 Å². The van der Waals surface area contributed by atoms with Crippen LogP contribution in [0.5, 0.6) is 0 Å². The zero-order valence-electron chi connectivity index (χ0n) is 4.16. The second-order valence-electron chi connectivity index (χ2n) is 0.802. The number of hydrogen-bond donors (Lipinski definition) is 3. The Labute approximate surface area is 220 Å². The molecule has 3 N–H and O–H groups in total. The van der Waals surface area contributed by atoms with Crippen molar-refractivity contribution in [3.8, 4) is 0 Å². The summed E-state index contributed by atoms with van der Waals surface area (Å²) in [5.74, 6) is -0.833. The predicted molar refractivity (Wildman–Crippen MR) is 52.6 cm³/mol. The Balaban J connectivity index is -0.0000000112. The Morgan fingerprint density at radius 3 is 0.917 bits per heavy atom. The Hall–Kier alpha value is 4.65. The number of carbonyl (C=O) groups is 2. The van der Waals surface area contributed by atoms with Gasteiger partial charge in [-0.1, -0.05) is 0 Å². The van der Waals surface area contributed by atoms with Crippen LogP contribution in [0.2, 0.25) is 0 Å². The van der Waals surface area contributed by atoms with Gasteiger partial charge in [0.25, 0.3) is 5.97 Å². The van der Waals surface area contributed by atoms with E-state index in [2.05, 4.69) is 0 Å². The maximum atomic E-state index is 9.00. The van der Waals surface area contributed by atoms with Gasteiger partial charge in [-0.15, -0.1) is 0 Å². The summed E-state index contributed by atoms with van der Waals surface area (Å²) in [5, 5.41) is 21.4. The van der Waals surface area contributed by atoms with Crippen molar-refractivity contribution < 1.29 is 24.9 Å². The summed E-state index contributed by atoms with van der Waals surface area (Å²) in [5.41, 5.74) is 0. The van der Waals surface area contributed by atoms with Gasteiger partial charge in [-0.05, 0) is 0 Å². The molecule has 0 aliphatic heterocycles. The first-order valence-electron chi connectivity index (χ1n) is 1.58. The molecule has 0 aromatic carbocycles. The molecule has 0 atom stereocenters. The van der Waals surface area contributed by atoms with Gasteiger partial charge in [0.2, 0.25) is 0 Å². The fraction of sp³-hybridized carbons (Fsp3) is 0.333. The zero-order valence-corrected chi connectivity index (χ0v) is 4.16. The van der Waals surface area contributed by atoms with Gasteiger partial charge < -0.3 is 15.3 Å². The summed E-state index contributed by atoms with van der Waals surface area (Å²) in [6.07, 6.45) is -1.83. The van der Waals surface area contributed by atoms with Gasteiger partial charge in [-0.3, -0.25) is 4.79 Å². The van der Waals surface area contributed by atoms with E-state index in [4.69, 9.17) is 24.9 Å². The quantitative estimate of drug-likeness (QED) is 0.429. The Morgan fingerprint density at radius 1 is 0.917 bits per heavy atom. The second-order valence-corrected chi connectivity index (χ2v) is 0.802. The molecule has 0 unspecified atom stereocenters. The maximum absolute atomic E-state index is 9.00. The van der Waals surface area contributed by atoms with Crippen LogP contribution >= 0.6 is 0 Å². The van der Waals surface area contributed by atoms with Gasteiger partial charge in [0.1, 0.15) is 0 Å². The SMILES string of the molecule is CC(=O)O.O=C(O)O.[KH].[KH].[KH].[NaH]. The van der Waals surface area contributed by atoms with E-state index in [0.29, 0.717) is 0 Å². The van der Waals surface area contributed by atoms with Gasteiger partial charge in [0, 0.05) is 6.92 Å². The van der Waals surface area contributed by atoms with Crippen LogP contribution in [-0.2, 0) is 4.79 Å². The molecule has 5 nitrogen and oxygen atoms in total. The number of carboxylic acid groups (broad SMARTS) is 3. The first-order valence-corrected chi connectivity index (χ1v) is 1.58. The van der Waals surface area contributed by atoms with Gasteiger partial charge >= 0.3 is 190 Å². The molecule has 0 saturated carbocycles. The molecular formula is C3H10K3NaO5. The minimum absolute atomic E-state index is 0. The molecule has 0 spiro atoms. The summed E-state index contributed by atoms with van der Waals surface area (Å²) in [6.45, 7) is 1.08. The number of carboxylic acids is 1. The summed E-state index contributed by atoms with van der Waals surface area (Å²) < 4.78 is 0. The zero-order chi connectivity index (χ0) is 7.15. The summed E-state index contributed by atoms with van der Waals surface area (Å²) in [7, 11) is 0. The van der Waals surface area contributed by atoms with E-state index >= 15 is 0 Å². The van der Waals surface area contributed by atoms with E-state index in [1.54, 1.807) is 0 Å². The number of rotatable bonds is 0. The third-order valence-electron chi connectivity index (χ3n) is 0. The molecule has 12 heavy (non-hydrogen) atoms. The minimum atomic E-state index is -1.83. The fourth-order valence-corrected chi connectivity index (χ4v) is 0. The van der Waals surface area contributed by atoms with Crippen LogP contribution in [0.3, 0.4) is 0 Å². The topological polar surface area (TPSA) is 94.8 Å². The average Bonchev–Trinajstić information content (AvgIpc) is 1.25.